The number of rotatable bonds is 6. The number of sulfone groups is 1. The van der Waals surface area contributed by atoms with Gasteiger partial charge in [-0.3, -0.25) is 4.79 Å². The molecule has 0 heterocycles. The molecule has 1 atom stereocenters. The number of carbonyl (C=O) groups is 1. The van der Waals surface area contributed by atoms with Crippen LogP contribution in [0.15, 0.2) is 18.2 Å². The van der Waals surface area contributed by atoms with Gasteiger partial charge in [-0.1, -0.05) is 25.1 Å². The van der Waals surface area contributed by atoms with Crippen molar-refractivity contribution in [2.24, 2.45) is 0 Å². The Morgan fingerprint density at radius 1 is 1.22 bits per heavy atom. The average molecular weight is 337 g/mol. The Morgan fingerprint density at radius 2 is 1.87 bits per heavy atom. The summed E-state index contributed by atoms with van der Waals surface area (Å²) in [6, 6.07) is 6.02. The molecule has 1 aromatic rings. The minimum absolute atomic E-state index is 0.0237. The lowest BCUT2D eigenvalue weighted by atomic mass is 9.90. The molecule has 2 rings (SSSR count). The summed E-state index contributed by atoms with van der Waals surface area (Å²) in [6.07, 6.45) is 5.03. The van der Waals surface area contributed by atoms with Crippen LogP contribution in [0.2, 0.25) is 0 Å². The van der Waals surface area contributed by atoms with Gasteiger partial charge in [0.05, 0.1) is 12.2 Å². The van der Waals surface area contributed by atoms with Gasteiger partial charge in [0.25, 0.3) is 0 Å². The van der Waals surface area contributed by atoms with E-state index in [2.05, 4.69) is 12.1 Å². The molecule has 1 aliphatic rings. The second-order valence-corrected chi connectivity index (χ2v) is 8.94. The third-order valence-electron chi connectivity index (χ3n) is 4.76. The van der Waals surface area contributed by atoms with Crippen molar-refractivity contribution in [3.63, 3.8) is 0 Å². The Labute approximate surface area is 139 Å². The van der Waals surface area contributed by atoms with Crippen LogP contribution in [0.25, 0.3) is 0 Å². The fraction of sp³-hybridized carbons (Fsp3) is 0.611. The van der Waals surface area contributed by atoms with Crippen molar-refractivity contribution in [2.45, 2.75) is 52.0 Å². The number of likely N-dealkylation sites (N-methyl/N-ethyl adjacent to an activating group) is 1. The minimum atomic E-state index is -3.08. The smallest absolute Gasteiger partial charge is 0.227 e. The van der Waals surface area contributed by atoms with E-state index in [1.54, 1.807) is 25.8 Å². The van der Waals surface area contributed by atoms with E-state index in [-0.39, 0.29) is 23.5 Å². The summed E-state index contributed by atoms with van der Waals surface area (Å²) in [5.41, 5.74) is 3.79. The molecule has 4 nitrogen and oxygen atoms in total. The second kappa shape index (κ2) is 7.47. The molecule has 0 saturated carbocycles. The Morgan fingerprint density at radius 3 is 2.52 bits per heavy atom. The molecule has 1 aromatic carbocycles. The molecule has 1 unspecified atom stereocenters. The van der Waals surface area contributed by atoms with Gasteiger partial charge in [-0.15, -0.1) is 0 Å². The van der Waals surface area contributed by atoms with Crippen LogP contribution in [0.5, 0.6) is 0 Å². The maximum Gasteiger partial charge on any atom is 0.227 e. The van der Waals surface area contributed by atoms with Crippen LogP contribution < -0.4 is 0 Å². The lowest BCUT2D eigenvalue weighted by molar-refractivity contribution is -0.130. The number of fused-ring (bicyclic) bond motifs is 1. The lowest BCUT2D eigenvalue weighted by Gasteiger charge is -2.25. The van der Waals surface area contributed by atoms with Gasteiger partial charge in [0, 0.05) is 18.8 Å². The predicted molar refractivity (Wildman–Crippen MR) is 93.3 cm³/mol. The zero-order chi connectivity index (χ0) is 17.0. The summed E-state index contributed by atoms with van der Waals surface area (Å²) in [5, 5.41) is 0. The predicted octanol–water partition coefficient (Wildman–Crippen LogP) is 2.39. The normalized spacial score (nSPS) is 15.8. The fourth-order valence-corrected chi connectivity index (χ4v) is 4.23. The van der Waals surface area contributed by atoms with E-state index in [0.717, 1.165) is 18.4 Å². The molecule has 0 aromatic heterocycles. The molecule has 0 spiro atoms. The highest BCUT2D eigenvalue weighted by molar-refractivity contribution is 7.91. The second-order valence-electron chi connectivity index (χ2n) is 6.54. The third kappa shape index (κ3) is 4.80. The van der Waals surface area contributed by atoms with E-state index >= 15 is 0 Å². The molecule has 5 heteroatoms. The number of nitrogens with zero attached hydrogens (tertiary/aromatic N) is 1. The van der Waals surface area contributed by atoms with Gasteiger partial charge in [-0.25, -0.2) is 8.42 Å². The Hall–Kier alpha value is -1.36. The number of aryl methyl sites for hydroxylation is 2. The number of hydrogen-bond acceptors (Lipinski definition) is 3. The zero-order valence-electron chi connectivity index (χ0n) is 14.3. The largest absolute Gasteiger partial charge is 0.342 e. The highest BCUT2D eigenvalue weighted by Crippen LogP contribution is 2.22. The van der Waals surface area contributed by atoms with E-state index in [4.69, 9.17) is 0 Å². The SMILES string of the molecule is CCS(=O)(=O)CC(C)N(C)C(=O)Cc1ccc2c(c1)CCCC2. The van der Waals surface area contributed by atoms with Gasteiger partial charge in [0.2, 0.25) is 5.91 Å². The average Bonchev–Trinajstić information content (AvgIpc) is 2.53. The molecular formula is C18H27NO3S. The molecule has 0 fully saturated rings. The molecule has 0 radical (unpaired) electrons. The van der Waals surface area contributed by atoms with E-state index in [9.17, 15) is 13.2 Å². The van der Waals surface area contributed by atoms with Crippen LogP contribution >= 0.6 is 0 Å². The zero-order valence-corrected chi connectivity index (χ0v) is 15.2. The summed E-state index contributed by atoms with van der Waals surface area (Å²) in [4.78, 5) is 14.0. The van der Waals surface area contributed by atoms with Crippen molar-refractivity contribution in [1.82, 2.24) is 4.90 Å². The molecule has 0 aliphatic heterocycles. The topological polar surface area (TPSA) is 54.5 Å². The maximum atomic E-state index is 12.4. The molecule has 1 amide bonds. The Balaban J connectivity index is 2.00. The summed E-state index contributed by atoms with van der Waals surface area (Å²) >= 11 is 0. The standard InChI is InChI=1S/C18H27NO3S/c1-4-23(21,22)13-14(2)19(3)18(20)12-15-9-10-16-7-5-6-8-17(16)11-15/h9-11,14H,4-8,12-13H2,1-3H3. The first kappa shape index (κ1) is 18.0. The van der Waals surface area contributed by atoms with Crippen molar-refractivity contribution < 1.29 is 13.2 Å². The van der Waals surface area contributed by atoms with Crippen LogP contribution in [0.4, 0.5) is 0 Å². The van der Waals surface area contributed by atoms with Crippen LogP contribution in [0.1, 0.15) is 43.4 Å². The van der Waals surface area contributed by atoms with Crippen LogP contribution in [-0.2, 0) is 33.9 Å². The first-order valence-corrected chi connectivity index (χ1v) is 10.2. The third-order valence-corrected chi connectivity index (χ3v) is 6.63. The first-order valence-electron chi connectivity index (χ1n) is 8.39. The summed E-state index contributed by atoms with van der Waals surface area (Å²) in [5.74, 6) is 0.111. The fourth-order valence-electron chi connectivity index (χ4n) is 3.04. The van der Waals surface area contributed by atoms with Gasteiger partial charge in [0.1, 0.15) is 0 Å². The Bertz CT molecular complexity index is 667. The maximum absolute atomic E-state index is 12.4. The molecule has 0 N–H and O–H groups in total. The first-order chi connectivity index (χ1) is 10.8. The van der Waals surface area contributed by atoms with Crippen LogP contribution in [0.3, 0.4) is 0 Å². The molecule has 0 bridgehead atoms. The number of hydrogen-bond donors (Lipinski definition) is 0. The minimum Gasteiger partial charge on any atom is -0.342 e. The molecule has 23 heavy (non-hydrogen) atoms. The van der Waals surface area contributed by atoms with Crippen molar-refractivity contribution in [3.05, 3.63) is 34.9 Å². The van der Waals surface area contributed by atoms with Crippen LogP contribution in [0, 0.1) is 0 Å². The van der Waals surface area contributed by atoms with E-state index in [0.29, 0.717) is 6.42 Å². The summed E-state index contributed by atoms with van der Waals surface area (Å²) in [6.45, 7) is 3.43. The van der Waals surface area contributed by atoms with E-state index in [1.807, 2.05) is 6.07 Å². The molecular weight excluding hydrogens is 310 g/mol. The highest BCUT2D eigenvalue weighted by Gasteiger charge is 2.21. The molecule has 1 aliphatic carbocycles. The van der Waals surface area contributed by atoms with Crippen molar-refractivity contribution in [3.8, 4) is 0 Å². The summed E-state index contributed by atoms with van der Waals surface area (Å²) in [7, 11) is -1.39. The Kier molecular flexibility index (Phi) is 5.84. The van der Waals surface area contributed by atoms with E-state index < -0.39 is 9.84 Å². The van der Waals surface area contributed by atoms with Crippen molar-refractivity contribution in [2.75, 3.05) is 18.6 Å². The van der Waals surface area contributed by atoms with Crippen molar-refractivity contribution >= 4 is 15.7 Å². The van der Waals surface area contributed by atoms with E-state index in [1.165, 1.54) is 24.0 Å². The number of benzene rings is 1. The van der Waals surface area contributed by atoms with Gasteiger partial charge < -0.3 is 4.90 Å². The van der Waals surface area contributed by atoms with Gasteiger partial charge in [-0.2, -0.15) is 0 Å². The van der Waals surface area contributed by atoms with Crippen molar-refractivity contribution in [1.29, 1.82) is 0 Å². The van der Waals surface area contributed by atoms with Gasteiger partial charge >= 0.3 is 0 Å². The quantitative estimate of drug-likeness (QED) is 0.801. The van der Waals surface area contributed by atoms with Gasteiger partial charge in [0.15, 0.2) is 9.84 Å². The molecule has 128 valence electrons. The number of amides is 1. The van der Waals surface area contributed by atoms with Crippen LogP contribution in [-0.4, -0.2) is 43.8 Å². The monoisotopic (exact) mass is 337 g/mol. The van der Waals surface area contributed by atoms with Gasteiger partial charge in [-0.05, 0) is 49.3 Å². The molecule has 0 saturated heterocycles. The lowest BCUT2D eigenvalue weighted by Crippen LogP contribution is -2.40. The highest BCUT2D eigenvalue weighted by atomic mass is 32.2. The summed E-state index contributed by atoms with van der Waals surface area (Å²) < 4.78 is 23.4. The number of carbonyl (C=O) groups excluding carboxylic acids is 1.